The molecule has 1 aromatic heterocycles. The van der Waals surface area contributed by atoms with Gasteiger partial charge in [-0.1, -0.05) is 26.0 Å². The minimum Gasteiger partial charge on any atom is -0.550 e. The number of nitrogens with one attached hydrogen (secondary N) is 1. The largest absolute Gasteiger partial charge is 1.00 e. The zero-order chi connectivity index (χ0) is 29.6. The first-order valence-electron chi connectivity index (χ1n) is 12.6. The number of hydrogen-bond donors (Lipinski definition) is 4. The summed E-state index contributed by atoms with van der Waals surface area (Å²) in [6.07, 6.45) is -2.98. The van der Waals surface area contributed by atoms with E-state index in [-0.39, 0.29) is 72.0 Å². The Kier molecular flexibility index (Phi) is 12.6. The van der Waals surface area contributed by atoms with E-state index in [1.807, 2.05) is 13.8 Å². The van der Waals surface area contributed by atoms with Crippen molar-refractivity contribution in [1.29, 1.82) is 0 Å². The minimum atomic E-state index is -3.85. The van der Waals surface area contributed by atoms with Crippen LogP contribution in [0.3, 0.4) is 0 Å². The Balaban J connectivity index is 0.00000588. The summed E-state index contributed by atoms with van der Waals surface area (Å²) in [7, 11) is -3.85. The molecule has 0 spiro atoms. The number of carboxylic acids is 1. The van der Waals surface area contributed by atoms with E-state index < -0.39 is 46.3 Å². The molecule has 5 N–H and O–H groups in total. The van der Waals surface area contributed by atoms with Gasteiger partial charge in [0.1, 0.15) is 17.3 Å². The zero-order valence-electron chi connectivity index (χ0n) is 23.1. The van der Waals surface area contributed by atoms with Gasteiger partial charge in [0.25, 0.3) is 5.91 Å². The predicted octanol–water partition coefficient (Wildman–Crippen LogP) is -1.96. The number of hydrogen-bond acceptors (Lipinski definition) is 8. The summed E-state index contributed by atoms with van der Waals surface area (Å²) < 4.78 is 38.3. The van der Waals surface area contributed by atoms with Gasteiger partial charge in [-0.05, 0) is 60.7 Å². The molecule has 0 aliphatic rings. The molecule has 0 aliphatic heterocycles. The van der Waals surface area contributed by atoms with Crippen LogP contribution in [0.25, 0.3) is 11.4 Å². The summed E-state index contributed by atoms with van der Waals surface area (Å²) in [5, 5.41) is 38.9. The molecular formula is C27H32FN4NaO7S. The van der Waals surface area contributed by atoms with Crippen molar-refractivity contribution in [1.82, 2.24) is 14.9 Å². The number of primary sulfonamides is 1. The number of imidazole rings is 1. The van der Waals surface area contributed by atoms with Crippen LogP contribution < -0.4 is 45.1 Å². The van der Waals surface area contributed by atoms with Crippen LogP contribution in [0, 0.1) is 5.82 Å². The van der Waals surface area contributed by atoms with Gasteiger partial charge in [-0.25, -0.2) is 22.9 Å². The van der Waals surface area contributed by atoms with Gasteiger partial charge >= 0.3 is 29.6 Å². The third-order valence-electron chi connectivity index (χ3n) is 6.21. The van der Waals surface area contributed by atoms with Crippen LogP contribution in [0.15, 0.2) is 53.4 Å². The first-order chi connectivity index (χ1) is 18.8. The van der Waals surface area contributed by atoms with Crippen molar-refractivity contribution in [2.75, 3.05) is 0 Å². The number of aliphatic hydroxyl groups is 2. The molecule has 0 aliphatic carbocycles. The molecule has 216 valence electrons. The molecule has 0 saturated carbocycles. The maximum atomic E-state index is 13.6. The van der Waals surface area contributed by atoms with Crippen molar-refractivity contribution in [3.8, 4) is 11.4 Å². The Bertz CT molecular complexity index is 1450. The molecule has 0 radical (unpaired) electrons. The Morgan fingerprint density at radius 2 is 1.68 bits per heavy atom. The third kappa shape index (κ3) is 9.70. The van der Waals surface area contributed by atoms with Crippen LogP contribution in [0.1, 0.15) is 60.8 Å². The molecule has 11 nitrogen and oxygen atoms in total. The van der Waals surface area contributed by atoms with Crippen molar-refractivity contribution < 1.29 is 67.3 Å². The fraction of sp³-hybridized carbons (Fsp3) is 0.370. The Morgan fingerprint density at radius 1 is 1.07 bits per heavy atom. The summed E-state index contributed by atoms with van der Waals surface area (Å²) in [4.78, 5) is 28.6. The molecule has 3 aromatic rings. The second kappa shape index (κ2) is 15.0. The predicted molar refractivity (Wildman–Crippen MR) is 142 cm³/mol. The number of halogens is 1. The van der Waals surface area contributed by atoms with E-state index in [2.05, 4.69) is 10.3 Å². The second-order valence-corrected chi connectivity index (χ2v) is 11.3. The molecule has 0 fully saturated rings. The Morgan fingerprint density at radius 3 is 2.22 bits per heavy atom. The topological polar surface area (TPSA) is 188 Å². The number of nitrogens with zero attached hydrogens (tertiary/aromatic N) is 2. The maximum Gasteiger partial charge on any atom is 1.00 e. The van der Waals surface area contributed by atoms with Crippen molar-refractivity contribution in [2.24, 2.45) is 5.14 Å². The van der Waals surface area contributed by atoms with Gasteiger partial charge in [-0.2, -0.15) is 0 Å². The molecule has 41 heavy (non-hydrogen) atoms. The van der Waals surface area contributed by atoms with Crippen molar-refractivity contribution in [3.63, 3.8) is 0 Å². The normalized spacial score (nSPS) is 13.0. The molecule has 0 unspecified atom stereocenters. The van der Waals surface area contributed by atoms with Gasteiger partial charge in [-0.15, -0.1) is 0 Å². The van der Waals surface area contributed by atoms with Crippen LogP contribution in [0.2, 0.25) is 0 Å². The Labute approximate surface area is 259 Å². The number of aliphatic carboxylic acids is 1. The molecule has 1 amide bonds. The number of aromatic nitrogens is 2. The average molecular weight is 599 g/mol. The number of benzene rings is 2. The van der Waals surface area contributed by atoms with E-state index in [4.69, 9.17) is 5.14 Å². The van der Waals surface area contributed by atoms with Gasteiger partial charge in [0.05, 0.1) is 22.8 Å². The first-order valence-corrected chi connectivity index (χ1v) is 14.1. The van der Waals surface area contributed by atoms with Crippen molar-refractivity contribution in [2.45, 2.75) is 69.2 Å². The number of carboxylic acid groups (broad SMARTS) is 1. The van der Waals surface area contributed by atoms with E-state index in [1.54, 1.807) is 4.57 Å². The average Bonchev–Trinajstić information content (AvgIpc) is 3.25. The van der Waals surface area contributed by atoms with Crippen LogP contribution in [0.5, 0.6) is 0 Å². The molecular weight excluding hydrogens is 566 g/mol. The van der Waals surface area contributed by atoms with E-state index in [9.17, 15) is 37.7 Å². The van der Waals surface area contributed by atoms with Crippen LogP contribution in [-0.2, 0) is 27.9 Å². The number of nitrogens with two attached hydrogens (primary N) is 1. The summed E-state index contributed by atoms with van der Waals surface area (Å²) in [6.45, 7) is 3.99. The van der Waals surface area contributed by atoms with E-state index >= 15 is 0 Å². The number of aliphatic hydroxyl groups excluding tert-OH is 2. The number of rotatable bonds is 13. The number of carbonyl (C=O) groups excluding carboxylic acids is 2. The van der Waals surface area contributed by atoms with Gasteiger partial charge < -0.3 is 30.0 Å². The molecule has 3 rings (SSSR count). The zero-order valence-corrected chi connectivity index (χ0v) is 25.9. The van der Waals surface area contributed by atoms with Crippen molar-refractivity contribution >= 4 is 21.9 Å². The number of sulfonamides is 1. The molecule has 0 bridgehead atoms. The molecule has 14 heteroatoms. The van der Waals surface area contributed by atoms with E-state index in [1.165, 1.54) is 48.5 Å². The Hall–Kier alpha value is -2.65. The molecule has 2 aromatic carbocycles. The third-order valence-corrected chi connectivity index (χ3v) is 7.14. The molecule has 1 heterocycles. The first kappa shape index (κ1) is 34.6. The number of amides is 1. The van der Waals surface area contributed by atoms with E-state index in [0.29, 0.717) is 22.6 Å². The summed E-state index contributed by atoms with van der Waals surface area (Å²) in [5.74, 6) is -2.20. The molecule has 2 atom stereocenters. The summed E-state index contributed by atoms with van der Waals surface area (Å²) in [5.41, 5.74) is 1.85. The van der Waals surface area contributed by atoms with Crippen LogP contribution in [0.4, 0.5) is 4.39 Å². The monoisotopic (exact) mass is 598 g/mol. The quantitative estimate of drug-likeness (QED) is 0.163. The van der Waals surface area contributed by atoms with Gasteiger partial charge in [0.15, 0.2) is 0 Å². The minimum absolute atomic E-state index is 0. The number of carbonyl (C=O) groups is 2. The van der Waals surface area contributed by atoms with Gasteiger partial charge in [0.2, 0.25) is 10.0 Å². The van der Waals surface area contributed by atoms with Gasteiger partial charge in [0, 0.05) is 31.0 Å². The fourth-order valence-corrected chi connectivity index (χ4v) is 4.83. The summed E-state index contributed by atoms with van der Waals surface area (Å²) in [6, 6.07) is 11.3. The van der Waals surface area contributed by atoms with E-state index in [0.717, 1.165) is 0 Å². The summed E-state index contributed by atoms with van der Waals surface area (Å²) >= 11 is 0. The SMILES string of the molecule is CC(C)c1c(C(=O)NCc2ccc(S(N)(=O)=O)cc2)nc(-c2ccc(F)cc2)n1CC[C@@H](O)C[C@@H](O)CC(=O)[O-].[Na+]. The van der Waals surface area contributed by atoms with Crippen molar-refractivity contribution in [3.05, 3.63) is 71.3 Å². The van der Waals surface area contributed by atoms with Gasteiger partial charge in [-0.3, -0.25) is 4.79 Å². The van der Waals surface area contributed by atoms with Crippen LogP contribution in [-0.4, -0.2) is 52.3 Å². The smallest absolute Gasteiger partial charge is 0.550 e. The second-order valence-electron chi connectivity index (χ2n) is 9.76. The maximum absolute atomic E-state index is 13.6. The molecule has 0 saturated heterocycles. The van der Waals surface area contributed by atoms with Crippen LogP contribution >= 0.6 is 0 Å². The fourth-order valence-electron chi connectivity index (χ4n) is 4.31. The standard InChI is InChI=1S/C27H33FN4O7S.Na/c1-16(2)25-24(27(37)30-15-17-3-9-22(10-4-17)40(29,38)39)31-26(18-5-7-19(28)8-6-18)32(25)12-11-20(33)13-21(34)14-23(35)36;/h3-10,16,20-21,33-34H,11-15H2,1-2H3,(H,30,37)(H,35,36)(H2,29,38,39);/q;+1/p-1/t20-,21-;/m1./s1.